The van der Waals surface area contributed by atoms with E-state index < -0.39 is 0 Å². The molecule has 0 atom stereocenters. The van der Waals surface area contributed by atoms with E-state index in [9.17, 15) is 0 Å². The van der Waals surface area contributed by atoms with Gasteiger partial charge >= 0.3 is 0 Å². The summed E-state index contributed by atoms with van der Waals surface area (Å²) in [5, 5.41) is 0. The number of ether oxygens (including phenoxy) is 2. The third kappa shape index (κ3) is 4.70. The molecule has 0 bridgehead atoms. The molecule has 0 aliphatic heterocycles. The van der Waals surface area contributed by atoms with Gasteiger partial charge in [0.1, 0.15) is 0 Å². The molecule has 2 aromatic carbocycles. The number of rotatable bonds is 7. The average Bonchev–Trinajstić information content (AvgIpc) is 2.49. The molecule has 0 N–H and O–H groups in total. The smallest absolute Gasteiger partial charge is 0.177 e. The first-order valence-electron chi connectivity index (χ1n) is 6.32. The van der Waals surface area contributed by atoms with Crippen molar-refractivity contribution < 1.29 is 9.47 Å². The highest BCUT2D eigenvalue weighted by Gasteiger charge is 2.05. The Morgan fingerprint density at radius 2 is 1.21 bits per heavy atom. The second-order valence-electron chi connectivity index (χ2n) is 4.20. The van der Waals surface area contributed by atoms with Crippen LogP contribution >= 0.6 is 0 Å². The molecule has 0 aromatic heterocycles. The van der Waals surface area contributed by atoms with Gasteiger partial charge in [-0.3, -0.25) is 0 Å². The van der Waals surface area contributed by atoms with Gasteiger partial charge < -0.3 is 9.47 Å². The molecule has 0 aliphatic rings. The Morgan fingerprint density at radius 1 is 0.789 bits per heavy atom. The molecule has 0 radical (unpaired) electrons. The highest BCUT2D eigenvalue weighted by atomic mass is 16.7. The van der Waals surface area contributed by atoms with Crippen molar-refractivity contribution >= 4 is 0 Å². The summed E-state index contributed by atoms with van der Waals surface area (Å²) in [7, 11) is 0. The maximum absolute atomic E-state index is 5.66. The highest BCUT2D eigenvalue weighted by Crippen LogP contribution is 2.08. The van der Waals surface area contributed by atoms with E-state index in [2.05, 4.69) is 6.58 Å². The first-order valence-corrected chi connectivity index (χ1v) is 6.32. The summed E-state index contributed by atoms with van der Waals surface area (Å²) in [6.45, 7) is 4.78. The lowest BCUT2D eigenvalue weighted by molar-refractivity contribution is -0.126. The molecule has 2 heteroatoms. The molecule has 0 aliphatic carbocycles. The largest absolute Gasteiger partial charge is 0.344 e. The van der Waals surface area contributed by atoms with Crippen LogP contribution in [-0.4, -0.2) is 6.29 Å². The number of hydrogen-bond acceptors (Lipinski definition) is 2. The predicted molar refractivity (Wildman–Crippen MR) is 76.4 cm³/mol. The minimum Gasteiger partial charge on any atom is -0.344 e. The van der Waals surface area contributed by atoms with Crippen molar-refractivity contribution in [1.82, 2.24) is 0 Å². The lowest BCUT2D eigenvalue weighted by Crippen LogP contribution is -2.14. The Bertz CT molecular complexity index is 436. The van der Waals surface area contributed by atoms with Crippen molar-refractivity contribution in [1.29, 1.82) is 0 Å². The molecule has 0 saturated heterocycles. The molecule has 0 unspecified atom stereocenters. The van der Waals surface area contributed by atoms with Crippen LogP contribution in [0.5, 0.6) is 0 Å². The van der Waals surface area contributed by atoms with Gasteiger partial charge in [0.05, 0.1) is 13.2 Å². The summed E-state index contributed by atoms with van der Waals surface area (Å²) >= 11 is 0. The minimum atomic E-state index is -0.389. The number of hydrogen-bond donors (Lipinski definition) is 0. The van der Waals surface area contributed by atoms with Crippen LogP contribution in [0.15, 0.2) is 73.3 Å². The lowest BCUT2D eigenvalue weighted by Gasteiger charge is -2.15. The monoisotopic (exact) mass is 254 g/mol. The Kier molecular flexibility index (Phi) is 5.35. The Morgan fingerprint density at radius 3 is 1.58 bits per heavy atom. The highest BCUT2D eigenvalue weighted by molar-refractivity contribution is 5.14. The second kappa shape index (κ2) is 7.52. The lowest BCUT2D eigenvalue weighted by atomic mass is 10.2. The van der Waals surface area contributed by atoms with Crippen LogP contribution in [-0.2, 0) is 22.7 Å². The van der Waals surface area contributed by atoms with Crippen LogP contribution in [0.1, 0.15) is 11.1 Å². The van der Waals surface area contributed by atoms with E-state index in [0.717, 1.165) is 11.1 Å². The fourth-order valence-electron chi connectivity index (χ4n) is 1.69. The van der Waals surface area contributed by atoms with Gasteiger partial charge in [-0.05, 0) is 17.2 Å². The Balaban J connectivity index is 1.79. The standard InChI is InChI=1S/C17H18O2/c1-2-17(18-13-15-9-5-3-6-10-15)19-14-16-11-7-4-8-12-16/h2-12,17H,1,13-14H2. The van der Waals surface area contributed by atoms with Gasteiger partial charge in [0.25, 0.3) is 0 Å². The zero-order valence-electron chi connectivity index (χ0n) is 10.9. The molecule has 2 nitrogen and oxygen atoms in total. The van der Waals surface area contributed by atoms with Crippen molar-refractivity contribution in [3.63, 3.8) is 0 Å². The normalized spacial score (nSPS) is 10.6. The van der Waals surface area contributed by atoms with Crippen molar-refractivity contribution in [3.8, 4) is 0 Å². The van der Waals surface area contributed by atoms with Crippen molar-refractivity contribution in [2.75, 3.05) is 0 Å². The maximum atomic E-state index is 5.66. The molecule has 19 heavy (non-hydrogen) atoms. The Labute approximate surface area is 114 Å². The fraction of sp³-hybridized carbons (Fsp3) is 0.176. The summed E-state index contributed by atoms with van der Waals surface area (Å²) in [5.74, 6) is 0. The van der Waals surface area contributed by atoms with Gasteiger partial charge in [0, 0.05) is 0 Å². The molecule has 0 fully saturated rings. The predicted octanol–water partition coefficient (Wildman–Crippen LogP) is 3.93. The van der Waals surface area contributed by atoms with E-state index in [-0.39, 0.29) is 6.29 Å². The molecule has 0 heterocycles. The van der Waals surface area contributed by atoms with Crippen LogP contribution in [0.4, 0.5) is 0 Å². The second-order valence-corrected chi connectivity index (χ2v) is 4.20. The van der Waals surface area contributed by atoms with E-state index in [1.165, 1.54) is 0 Å². The molecular formula is C17H18O2. The van der Waals surface area contributed by atoms with Crippen LogP contribution in [0.25, 0.3) is 0 Å². The zero-order valence-corrected chi connectivity index (χ0v) is 10.9. The summed E-state index contributed by atoms with van der Waals surface area (Å²) in [6.07, 6.45) is 1.28. The molecule has 2 rings (SSSR count). The van der Waals surface area contributed by atoms with Gasteiger partial charge in [0.15, 0.2) is 6.29 Å². The van der Waals surface area contributed by atoms with Crippen LogP contribution < -0.4 is 0 Å². The fourth-order valence-corrected chi connectivity index (χ4v) is 1.69. The van der Waals surface area contributed by atoms with E-state index in [1.807, 2.05) is 60.7 Å². The average molecular weight is 254 g/mol. The number of benzene rings is 2. The topological polar surface area (TPSA) is 18.5 Å². The van der Waals surface area contributed by atoms with E-state index >= 15 is 0 Å². The SMILES string of the molecule is C=CC(OCc1ccccc1)OCc1ccccc1. The molecule has 2 aromatic rings. The van der Waals surface area contributed by atoms with E-state index in [4.69, 9.17) is 9.47 Å². The summed E-state index contributed by atoms with van der Waals surface area (Å²) < 4.78 is 11.3. The zero-order chi connectivity index (χ0) is 13.3. The summed E-state index contributed by atoms with van der Waals surface area (Å²) in [4.78, 5) is 0. The van der Waals surface area contributed by atoms with Crippen LogP contribution in [0.3, 0.4) is 0 Å². The van der Waals surface area contributed by atoms with Crippen molar-refractivity contribution in [2.45, 2.75) is 19.5 Å². The third-order valence-electron chi connectivity index (χ3n) is 2.71. The minimum absolute atomic E-state index is 0.389. The molecular weight excluding hydrogens is 236 g/mol. The maximum Gasteiger partial charge on any atom is 0.177 e. The van der Waals surface area contributed by atoms with Gasteiger partial charge in [-0.25, -0.2) is 0 Å². The van der Waals surface area contributed by atoms with Crippen molar-refractivity contribution in [3.05, 3.63) is 84.4 Å². The van der Waals surface area contributed by atoms with Crippen LogP contribution in [0, 0.1) is 0 Å². The summed E-state index contributed by atoms with van der Waals surface area (Å²) in [6, 6.07) is 20.0. The first kappa shape index (κ1) is 13.5. The van der Waals surface area contributed by atoms with Gasteiger partial charge in [-0.15, -0.1) is 0 Å². The van der Waals surface area contributed by atoms with E-state index in [1.54, 1.807) is 6.08 Å². The summed E-state index contributed by atoms with van der Waals surface area (Å²) in [5.41, 5.74) is 2.25. The molecule has 98 valence electrons. The molecule has 0 spiro atoms. The van der Waals surface area contributed by atoms with Crippen LogP contribution in [0.2, 0.25) is 0 Å². The molecule has 0 amide bonds. The van der Waals surface area contributed by atoms with Gasteiger partial charge in [0.2, 0.25) is 0 Å². The van der Waals surface area contributed by atoms with Crippen molar-refractivity contribution in [2.24, 2.45) is 0 Å². The Hall–Kier alpha value is -1.90. The third-order valence-corrected chi connectivity index (χ3v) is 2.71. The molecule has 0 saturated carbocycles. The van der Waals surface area contributed by atoms with Gasteiger partial charge in [-0.2, -0.15) is 0 Å². The quantitative estimate of drug-likeness (QED) is 0.550. The van der Waals surface area contributed by atoms with Gasteiger partial charge in [-0.1, -0.05) is 67.2 Å². The first-order chi connectivity index (χ1) is 9.38. The van der Waals surface area contributed by atoms with E-state index in [0.29, 0.717) is 13.2 Å².